The number of benzene rings is 2. The smallest absolute Gasteiger partial charge is 0.423 e. The molecular formula is C29H34F4O3. The van der Waals surface area contributed by atoms with Crippen molar-refractivity contribution in [2.75, 3.05) is 0 Å². The normalized spacial score (nSPS) is 24.1. The highest BCUT2D eigenvalue weighted by molar-refractivity contribution is 5.91. The lowest BCUT2D eigenvalue weighted by Crippen LogP contribution is -2.30. The molecule has 3 nitrogen and oxygen atoms in total. The molecule has 0 spiro atoms. The van der Waals surface area contributed by atoms with E-state index in [0.29, 0.717) is 11.5 Å². The van der Waals surface area contributed by atoms with Crippen LogP contribution >= 0.6 is 0 Å². The van der Waals surface area contributed by atoms with Gasteiger partial charge in [-0.25, -0.2) is 9.18 Å². The Morgan fingerprint density at radius 1 is 0.917 bits per heavy atom. The lowest BCUT2D eigenvalue weighted by atomic mass is 9.63. The first-order valence-corrected chi connectivity index (χ1v) is 13.1. The summed E-state index contributed by atoms with van der Waals surface area (Å²) < 4.78 is 60.9. The molecule has 4 rings (SSSR count). The molecule has 2 aromatic rings. The van der Waals surface area contributed by atoms with Crippen molar-refractivity contribution < 1.29 is 31.8 Å². The second-order valence-corrected chi connectivity index (χ2v) is 10.4. The summed E-state index contributed by atoms with van der Waals surface area (Å²) in [6, 6.07) is 8.95. The van der Waals surface area contributed by atoms with Crippen LogP contribution in [0.15, 0.2) is 42.5 Å². The van der Waals surface area contributed by atoms with Crippen LogP contribution in [0.4, 0.5) is 17.6 Å². The number of esters is 1. The Morgan fingerprint density at radius 2 is 1.61 bits per heavy atom. The van der Waals surface area contributed by atoms with Crippen molar-refractivity contribution >= 4 is 5.97 Å². The molecule has 196 valence electrons. The molecule has 4 atom stereocenters. The van der Waals surface area contributed by atoms with Crippen LogP contribution in [-0.2, 0) is 0 Å². The van der Waals surface area contributed by atoms with Crippen LogP contribution in [0.1, 0.15) is 93.0 Å². The minimum Gasteiger partial charge on any atom is -0.423 e. The summed E-state index contributed by atoms with van der Waals surface area (Å²) >= 11 is 0. The van der Waals surface area contributed by atoms with Crippen LogP contribution in [0, 0.1) is 23.6 Å². The van der Waals surface area contributed by atoms with Crippen LogP contribution in [-0.4, -0.2) is 12.3 Å². The van der Waals surface area contributed by atoms with Gasteiger partial charge in [-0.05, 0) is 97.7 Å². The number of hydrogen-bond donors (Lipinski definition) is 0. The molecule has 2 aliphatic carbocycles. The van der Waals surface area contributed by atoms with Gasteiger partial charge in [0.2, 0.25) is 0 Å². The summed E-state index contributed by atoms with van der Waals surface area (Å²) in [7, 11) is 0. The third-order valence-corrected chi connectivity index (χ3v) is 7.88. The van der Waals surface area contributed by atoms with Gasteiger partial charge in [-0.1, -0.05) is 45.1 Å². The fourth-order valence-electron chi connectivity index (χ4n) is 6.07. The van der Waals surface area contributed by atoms with E-state index in [0.717, 1.165) is 43.2 Å². The second kappa shape index (κ2) is 11.7. The van der Waals surface area contributed by atoms with Gasteiger partial charge in [-0.15, -0.1) is 13.2 Å². The van der Waals surface area contributed by atoms with Crippen molar-refractivity contribution in [2.24, 2.45) is 17.8 Å². The van der Waals surface area contributed by atoms with E-state index in [9.17, 15) is 18.0 Å². The van der Waals surface area contributed by atoms with Gasteiger partial charge in [0, 0.05) is 0 Å². The summed E-state index contributed by atoms with van der Waals surface area (Å²) in [4.78, 5) is 12.5. The maximum atomic E-state index is 15.1. The first-order chi connectivity index (χ1) is 17.2. The standard InChI is InChI=1S/C29H34F4O3/c1-2-3-4-5-19-6-7-21-17-22(9-8-20(21)16-19)26-15-10-23(18-27(26)30)28(34)35-24-11-13-25(14-12-24)36-29(31,32)33/h10-15,18-22H,2-9,16-17H2,1H3. The highest BCUT2D eigenvalue weighted by atomic mass is 19.4. The van der Waals surface area contributed by atoms with Crippen LogP contribution in [0.2, 0.25) is 0 Å². The van der Waals surface area contributed by atoms with Gasteiger partial charge in [0.05, 0.1) is 5.56 Å². The number of halogens is 4. The quantitative estimate of drug-likeness (QED) is 0.155. The number of rotatable bonds is 8. The molecule has 4 unspecified atom stereocenters. The number of hydrogen-bond acceptors (Lipinski definition) is 3. The van der Waals surface area contributed by atoms with Gasteiger partial charge in [0.1, 0.15) is 17.3 Å². The van der Waals surface area contributed by atoms with E-state index in [4.69, 9.17) is 4.74 Å². The van der Waals surface area contributed by atoms with E-state index >= 15 is 4.39 Å². The van der Waals surface area contributed by atoms with Crippen molar-refractivity contribution in [3.05, 3.63) is 59.4 Å². The zero-order valence-corrected chi connectivity index (χ0v) is 20.7. The zero-order valence-electron chi connectivity index (χ0n) is 20.7. The van der Waals surface area contributed by atoms with Crippen molar-refractivity contribution in [1.82, 2.24) is 0 Å². The molecule has 2 fully saturated rings. The molecular weight excluding hydrogens is 472 g/mol. The van der Waals surface area contributed by atoms with E-state index in [1.54, 1.807) is 12.1 Å². The third-order valence-electron chi connectivity index (χ3n) is 7.88. The monoisotopic (exact) mass is 506 g/mol. The number of ether oxygens (including phenoxy) is 2. The number of carbonyl (C=O) groups is 1. The molecule has 0 radical (unpaired) electrons. The number of carbonyl (C=O) groups excluding carboxylic acids is 1. The fraction of sp³-hybridized carbons (Fsp3) is 0.552. The molecule has 0 aliphatic heterocycles. The average molecular weight is 507 g/mol. The van der Waals surface area contributed by atoms with Gasteiger partial charge < -0.3 is 9.47 Å². The maximum absolute atomic E-state index is 15.1. The summed E-state index contributed by atoms with van der Waals surface area (Å²) in [5.41, 5.74) is 0.719. The van der Waals surface area contributed by atoms with Crippen molar-refractivity contribution in [3.8, 4) is 11.5 Å². The average Bonchev–Trinajstić information content (AvgIpc) is 2.84. The van der Waals surface area contributed by atoms with Crippen LogP contribution in [0.25, 0.3) is 0 Å². The van der Waals surface area contributed by atoms with Crippen LogP contribution < -0.4 is 9.47 Å². The van der Waals surface area contributed by atoms with Crippen molar-refractivity contribution in [3.63, 3.8) is 0 Å². The summed E-state index contributed by atoms with van der Waals surface area (Å²) in [5, 5.41) is 0. The predicted octanol–water partition coefficient (Wildman–Crippen LogP) is 8.82. The summed E-state index contributed by atoms with van der Waals surface area (Å²) in [6.07, 6.45) is 7.39. The van der Waals surface area contributed by atoms with Gasteiger partial charge in [-0.3, -0.25) is 0 Å². The van der Waals surface area contributed by atoms with Gasteiger partial charge in [0.25, 0.3) is 0 Å². The van der Waals surface area contributed by atoms with Crippen LogP contribution in [0.5, 0.6) is 11.5 Å². The number of alkyl halides is 3. The molecule has 0 amide bonds. The van der Waals surface area contributed by atoms with Crippen LogP contribution in [0.3, 0.4) is 0 Å². The molecule has 0 aromatic heterocycles. The molecule has 0 bridgehead atoms. The van der Waals surface area contributed by atoms with E-state index in [1.165, 1.54) is 63.1 Å². The SMILES string of the molecule is CCCCCC1CCC2CC(c3ccc(C(=O)Oc4ccc(OC(F)(F)F)cc4)cc3F)CCC2C1. The first-order valence-electron chi connectivity index (χ1n) is 13.1. The van der Waals surface area contributed by atoms with E-state index in [1.807, 2.05) is 0 Å². The first kappa shape index (κ1) is 26.5. The van der Waals surface area contributed by atoms with Crippen molar-refractivity contribution in [1.29, 1.82) is 0 Å². The van der Waals surface area contributed by atoms with Gasteiger partial charge >= 0.3 is 12.3 Å². The third kappa shape index (κ3) is 7.01. The Bertz CT molecular complexity index is 1020. The number of unbranched alkanes of at least 4 members (excludes halogenated alkanes) is 2. The van der Waals surface area contributed by atoms with E-state index in [2.05, 4.69) is 11.7 Å². The Morgan fingerprint density at radius 3 is 2.31 bits per heavy atom. The molecule has 0 heterocycles. The maximum Gasteiger partial charge on any atom is 0.573 e. The minimum atomic E-state index is -4.80. The molecule has 7 heteroatoms. The topological polar surface area (TPSA) is 35.5 Å². The van der Waals surface area contributed by atoms with E-state index in [-0.39, 0.29) is 17.2 Å². The Balaban J connectivity index is 1.32. The molecule has 36 heavy (non-hydrogen) atoms. The lowest BCUT2D eigenvalue weighted by Gasteiger charge is -2.42. The fourth-order valence-corrected chi connectivity index (χ4v) is 6.07. The highest BCUT2D eigenvalue weighted by Crippen LogP contribution is 2.48. The Kier molecular flexibility index (Phi) is 8.58. The molecule has 2 aromatic carbocycles. The molecule has 0 saturated heterocycles. The molecule has 2 saturated carbocycles. The minimum absolute atomic E-state index is 0.0441. The summed E-state index contributed by atoms with van der Waals surface area (Å²) in [6.45, 7) is 2.24. The largest absolute Gasteiger partial charge is 0.573 e. The van der Waals surface area contributed by atoms with Gasteiger partial charge in [0.15, 0.2) is 0 Å². The second-order valence-electron chi connectivity index (χ2n) is 10.4. The van der Waals surface area contributed by atoms with E-state index < -0.39 is 23.9 Å². The molecule has 0 N–H and O–H groups in total. The zero-order chi connectivity index (χ0) is 25.7. The predicted molar refractivity (Wildman–Crippen MR) is 130 cm³/mol. The molecule has 2 aliphatic rings. The Hall–Kier alpha value is -2.57. The number of fused-ring (bicyclic) bond motifs is 1. The lowest BCUT2D eigenvalue weighted by molar-refractivity contribution is -0.274. The summed E-state index contributed by atoms with van der Waals surface area (Å²) in [5.74, 6) is 0.871. The van der Waals surface area contributed by atoms with Crippen molar-refractivity contribution in [2.45, 2.75) is 83.4 Å². The highest BCUT2D eigenvalue weighted by Gasteiger charge is 2.36. The van der Waals surface area contributed by atoms with Gasteiger partial charge in [-0.2, -0.15) is 0 Å². The Labute approximate surface area is 210 Å².